The Hall–Kier alpha value is -2.60. The molecule has 0 fully saturated rings. The van der Waals surface area contributed by atoms with Crippen molar-refractivity contribution in [3.8, 4) is 12.3 Å². The van der Waals surface area contributed by atoms with Gasteiger partial charge >= 0.3 is 0 Å². The fraction of sp³-hybridized carbons (Fsp3) is 0.130. The first-order valence-electron chi connectivity index (χ1n) is 8.43. The fourth-order valence-corrected chi connectivity index (χ4v) is 6.35. The third-order valence-corrected chi connectivity index (χ3v) is 8.34. The molecule has 3 aromatic carbocycles. The maximum absolute atomic E-state index is 6.84. The number of rotatable bonds is 5. The van der Waals surface area contributed by atoms with Crippen molar-refractivity contribution in [2.24, 2.45) is 0 Å². The molecule has 0 aliphatic heterocycles. The molecule has 0 amide bonds. The number of hydrogen-bond acceptors (Lipinski definition) is 1. The van der Waals surface area contributed by atoms with Crippen LogP contribution in [0.1, 0.15) is 12.5 Å². The van der Waals surface area contributed by atoms with Crippen molar-refractivity contribution in [1.82, 2.24) is 0 Å². The summed E-state index contributed by atoms with van der Waals surface area (Å²) in [5.74, 6) is 2.90. The molecule has 3 aromatic rings. The van der Waals surface area contributed by atoms with E-state index in [1.807, 2.05) is 49.4 Å². The standard InChI is InChI=1S/C23H22OSi/c1-4-23(2,20-14-8-5-9-15-20)24-25(3,21-16-10-6-11-17-21)22-18-12-7-13-19-22/h1,5-19H,2-3H3. The van der Waals surface area contributed by atoms with Gasteiger partial charge in [0.25, 0.3) is 8.32 Å². The zero-order valence-corrected chi connectivity index (χ0v) is 15.6. The summed E-state index contributed by atoms with van der Waals surface area (Å²) in [6.45, 7) is 4.20. The summed E-state index contributed by atoms with van der Waals surface area (Å²) in [5.41, 5.74) is 0.219. The molecule has 3 rings (SSSR count). The molecule has 0 aromatic heterocycles. The van der Waals surface area contributed by atoms with Crippen LogP contribution in [0.4, 0.5) is 0 Å². The smallest absolute Gasteiger partial charge is 0.255 e. The Bertz CT molecular complexity index is 813. The fourth-order valence-electron chi connectivity index (χ4n) is 3.13. The van der Waals surface area contributed by atoms with Gasteiger partial charge in [0.2, 0.25) is 0 Å². The van der Waals surface area contributed by atoms with Gasteiger partial charge in [-0.05, 0) is 29.4 Å². The summed E-state index contributed by atoms with van der Waals surface area (Å²) < 4.78 is 6.84. The van der Waals surface area contributed by atoms with E-state index < -0.39 is 13.9 Å². The van der Waals surface area contributed by atoms with Crippen molar-refractivity contribution in [1.29, 1.82) is 0 Å². The van der Waals surface area contributed by atoms with E-state index >= 15 is 0 Å². The Balaban J connectivity index is 2.12. The van der Waals surface area contributed by atoms with Crippen molar-refractivity contribution < 1.29 is 4.43 Å². The molecule has 1 atom stereocenters. The molecule has 124 valence electrons. The summed E-state index contributed by atoms with van der Waals surface area (Å²) in [5, 5.41) is 2.41. The van der Waals surface area contributed by atoms with Gasteiger partial charge in [-0.1, -0.05) is 96.9 Å². The van der Waals surface area contributed by atoms with Gasteiger partial charge in [-0.2, -0.15) is 0 Å². The van der Waals surface area contributed by atoms with Crippen LogP contribution in [0, 0.1) is 12.3 Å². The number of hydrogen-bond donors (Lipinski definition) is 0. The monoisotopic (exact) mass is 342 g/mol. The van der Waals surface area contributed by atoms with E-state index in [1.54, 1.807) is 0 Å². The lowest BCUT2D eigenvalue weighted by atomic mass is 9.97. The van der Waals surface area contributed by atoms with E-state index in [0.29, 0.717) is 0 Å². The molecule has 0 radical (unpaired) electrons. The molecule has 0 aliphatic carbocycles. The van der Waals surface area contributed by atoms with E-state index in [0.717, 1.165) is 5.56 Å². The van der Waals surface area contributed by atoms with Gasteiger partial charge < -0.3 is 4.43 Å². The van der Waals surface area contributed by atoms with Crippen LogP contribution in [-0.4, -0.2) is 8.32 Å². The van der Waals surface area contributed by atoms with Gasteiger partial charge in [-0.25, -0.2) is 0 Å². The first-order valence-corrected chi connectivity index (χ1v) is 10.8. The highest BCUT2D eigenvalue weighted by atomic mass is 28.4. The van der Waals surface area contributed by atoms with E-state index in [2.05, 4.69) is 61.0 Å². The minimum absolute atomic E-state index is 0.784. The zero-order chi connectivity index (χ0) is 17.8. The number of terminal acetylenes is 1. The van der Waals surface area contributed by atoms with Gasteiger partial charge in [-0.15, -0.1) is 6.42 Å². The predicted octanol–water partition coefficient (Wildman–Crippen LogP) is 3.94. The largest absolute Gasteiger partial charge is 0.389 e. The lowest BCUT2D eigenvalue weighted by Crippen LogP contribution is -2.61. The highest BCUT2D eigenvalue weighted by Gasteiger charge is 2.41. The van der Waals surface area contributed by atoms with Crippen LogP contribution >= 0.6 is 0 Å². The Morgan fingerprint density at radius 3 is 1.56 bits per heavy atom. The highest BCUT2D eigenvalue weighted by Crippen LogP contribution is 2.28. The Kier molecular flexibility index (Phi) is 4.90. The molecule has 25 heavy (non-hydrogen) atoms. The SMILES string of the molecule is C#CC(C)(O[Si](C)(c1ccccc1)c1ccccc1)c1ccccc1. The Morgan fingerprint density at radius 2 is 1.16 bits per heavy atom. The van der Waals surface area contributed by atoms with Crippen molar-refractivity contribution in [2.45, 2.75) is 19.1 Å². The Labute approximate surface area is 151 Å². The van der Waals surface area contributed by atoms with Crippen molar-refractivity contribution in [3.63, 3.8) is 0 Å². The zero-order valence-electron chi connectivity index (χ0n) is 14.6. The van der Waals surface area contributed by atoms with Gasteiger partial charge in [0.1, 0.15) is 5.60 Å². The molecular weight excluding hydrogens is 320 g/mol. The molecule has 0 spiro atoms. The van der Waals surface area contributed by atoms with Crippen LogP contribution in [0.25, 0.3) is 0 Å². The van der Waals surface area contributed by atoms with Crippen LogP contribution in [0.2, 0.25) is 6.55 Å². The quantitative estimate of drug-likeness (QED) is 0.504. The van der Waals surface area contributed by atoms with Crippen LogP contribution in [0.15, 0.2) is 91.0 Å². The summed E-state index contributed by atoms with van der Waals surface area (Å²) in [4.78, 5) is 0. The normalized spacial score (nSPS) is 13.6. The maximum Gasteiger partial charge on any atom is 0.255 e. The molecule has 0 saturated heterocycles. The van der Waals surface area contributed by atoms with Gasteiger partial charge in [0, 0.05) is 0 Å². The van der Waals surface area contributed by atoms with Gasteiger partial charge in [0.15, 0.2) is 0 Å². The van der Waals surface area contributed by atoms with Gasteiger partial charge in [-0.3, -0.25) is 0 Å². The first kappa shape index (κ1) is 17.2. The molecule has 0 heterocycles. The third-order valence-electron chi connectivity index (χ3n) is 4.66. The summed E-state index contributed by atoms with van der Waals surface area (Å²) >= 11 is 0. The molecule has 0 saturated carbocycles. The Morgan fingerprint density at radius 1 is 0.760 bits per heavy atom. The third kappa shape index (κ3) is 3.44. The second-order valence-corrected chi connectivity index (χ2v) is 9.84. The van der Waals surface area contributed by atoms with E-state index in [1.165, 1.54) is 10.4 Å². The highest BCUT2D eigenvalue weighted by molar-refractivity contribution is 6.96. The molecule has 0 aliphatic rings. The topological polar surface area (TPSA) is 9.23 Å². The molecule has 1 nitrogen and oxygen atoms in total. The minimum Gasteiger partial charge on any atom is -0.389 e. The van der Waals surface area contributed by atoms with E-state index in [-0.39, 0.29) is 0 Å². The second kappa shape index (κ2) is 7.10. The van der Waals surface area contributed by atoms with Crippen LogP contribution in [0.5, 0.6) is 0 Å². The molecule has 2 heteroatoms. The van der Waals surface area contributed by atoms with E-state index in [9.17, 15) is 0 Å². The lowest BCUT2D eigenvalue weighted by Gasteiger charge is -2.37. The maximum atomic E-state index is 6.84. The molecule has 1 unspecified atom stereocenters. The van der Waals surface area contributed by atoms with Crippen molar-refractivity contribution in [3.05, 3.63) is 96.6 Å². The minimum atomic E-state index is -2.48. The van der Waals surface area contributed by atoms with Crippen molar-refractivity contribution >= 4 is 18.7 Å². The predicted molar refractivity (Wildman–Crippen MR) is 107 cm³/mol. The summed E-state index contributed by atoms with van der Waals surface area (Å²) in [6, 6.07) is 30.9. The van der Waals surface area contributed by atoms with Crippen LogP contribution in [0.3, 0.4) is 0 Å². The number of benzene rings is 3. The van der Waals surface area contributed by atoms with Gasteiger partial charge in [0.05, 0.1) is 0 Å². The second-order valence-electron chi connectivity index (χ2n) is 6.41. The van der Waals surface area contributed by atoms with Crippen LogP contribution < -0.4 is 10.4 Å². The molecule has 0 bridgehead atoms. The lowest BCUT2D eigenvalue weighted by molar-refractivity contribution is 0.149. The van der Waals surface area contributed by atoms with E-state index in [4.69, 9.17) is 10.8 Å². The average Bonchev–Trinajstić information content (AvgIpc) is 2.70. The average molecular weight is 343 g/mol. The summed E-state index contributed by atoms with van der Waals surface area (Å²) in [7, 11) is -2.48. The molecule has 0 N–H and O–H groups in total. The molecular formula is C23H22OSi. The van der Waals surface area contributed by atoms with Crippen LogP contribution in [-0.2, 0) is 10.0 Å². The first-order chi connectivity index (χ1) is 12.1. The van der Waals surface area contributed by atoms with Crippen molar-refractivity contribution in [2.75, 3.05) is 0 Å². The summed E-state index contributed by atoms with van der Waals surface area (Å²) in [6.07, 6.45) is 5.95.